The minimum absolute atomic E-state index is 0.0165. The summed E-state index contributed by atoms with van der Waals surface area (Å²) in [5.74, 6) is -0.582. The number of aromatic nitrogens is 1. The lowest BCUT2D eigenvalue weighted by molar-refractivity contribution is -0.497. The smallest absolute Gasteiger partial charge is 0.346 e. The standard InChI is InChI=1S/C22H28BF2N3P/c1-4-7-9-17-10-8-11-19(14-17)26-12-13-27-21-20(25)15-18(24)16-28(21)29-22(5-2,6-3)23(26)27/h8,10-16,29H,4-7,9H2,1-3H3/q+1. The molecular weight excluding hydrogens is 386 g/mol. The molecule has 152 valence electrons. The SMILES string of the molecule is CCCCc1cccc(N2C=CN3B2C(CC)(CC)P[n+]2cc(F)cc(F)c23)c1. The molecule has 0 spiro atoms. The van der Waals surface area contributed by atoms with Crippen LogP contribution in [0.4, 0.5) is 20.3 Å². The van der Waals surface area contributed by atoms with Crippen molar-refractivity contribution in [2.24, 2.45) is 0 Å². The molecule has 2 aromatic rings. The molecule has 7 heteroatoms. The Morgan fingerprint density at radius 2 is 1.83 bits per heavy atom. The maximum Gasteiger partial charge on any atom is 0.520 e. The van der Waals surface area contributed by atoms with Gasteiger partial charge in [0, 0.05) is 18.0 Å². The third-order valence-corrected chi connectivity index (χ3v) is 8.24. The summed E-state index contributed by atoms with van der Waals surface area (Å²) < 4.78 is 30.5. The first kappa shape index (κ1) is 20.3. The van der Waals surface area contributed by atoms with Gasteiger partial charge < -0.3 is 4.81 Å². The van der Waals surface area contributed by atoms with Gasteiger partial charge >= 0.3 is 12.8 Å². The minimum atomic E-state index is -0.526. The van der Waals surface area contributed by atoms with E-state index in [0.717, 1.165) is 31.0 Å². The van der Waals surface area contributed by atoms with Crippen LogP contribution in [0.25, 0.3) is 0 Å². The zero-order valence-corrected chi connectivity index (χ0v) is 18.3. The van der Waals surface area contributed by atoms with Crippen LogP contribution in [0, 0.1) is 11.6 Å². The van der Waals surface area contributed by atoms with Gasteiger partial charge in [-0.3, -0.25) is 4.81 Å². The molecule has 0 N–H and O–H groups in total. The van der Waals surface area contributed by atoms with Crippen molar-refractivity contribution in [3.05, 3.63) is 66.1 Å². The van der Waals surface area contributed by atoms with Crippen molar-refractivity contribution in [2.45, 2.75) is 57.9 Å². The van der Waals surface area contributed by atoms with E-state index in [1.165, 1.54) is 24.6 Å². The van der Waals surface area contributed by atoms with Crippen molar-refractivity contribution in [3.63, 3.8) is 0 Å². The van der Waals surface area contributed by atoms with E-state index in [4.69, 9.17) is 0 Å². The number of benzene rings is 1. The summed E-state index contributed by atoms with van der Waals surface area (Å²) in [4.78, 5) is 4.28. The van der Waals surface area contributed by atoms with Gasteiger partial charge in [-0.25, -0.2) is 8.73 Å². The fourth-order valence-corrected chi connectivity index (χ4v) is 6.27. The molecule has 3 heterocycles. The van der Waals surface area contributed by atoms with Gasteiger partial charge in [-0.15, -0.1) is 0 Å². The molecular formula is C22H28BF2N3P+. The Hall–Kier alpha value is -1.94. The average molecular weight is 414 g/mol. The topological polar surface area (TPSA) is 10.4 Å². The lowest BCUT2D eigenvalue weighted by Gasteiger charge is -2.41. The molecule has 0 fully saturated rings. The molecule has 2 aliphatic heterocycles. The highest BCUT2D eigenvalue weighted by molar-refractivity contribution is 7.37. The summed E-state index contributed by atoms with van der Waals surface area (Å²) in [6.45, 7) is 6.56. The number of nitrogens with zero attached hydrogens (tertiary/aromatic N) is 3. The minimum Gasteiger partial charge on any atom is -0.346 e. The second-order valence-electron chi connectivity index (χ2n) is 7.93. The first-order valence-electron chi connectivity index (χ1n) is 10.6. The van der Waals surface area contributed by atoms with Gasteiger partial charge in [0.2, 0.25) is 5.82 Å². The summed E-state index contributed by atoms with van der Waals surface area (Å²) in [7, 11) is 0.282. The Morgan fingerprint density at radius 1 is 1.07 bits per heavy atom. The van der Waals surface area contributed by atoms with Crippen LogP contribution < -0.4 is 14.0 Å². The van der Waals surface area contributed by atoms with Crippen LogP contribution in [0.5, 0.6) is 0 Å². The molecule has 1 aromatic heterocycles. The summed E-state index contributed by atoms with van der Waals surface area (Å²) in [5, 5.41) is -0.0964. The van der Waals surface area contributed by atoms with Crippen LogP contribution in [0.3, 0.4) is 0 Å². The summed E-state index contributed by atoms with van der Waals surface area (Å²) in [6.07, 6.45) is 10.7. The molecule has 0 saturated heterocycles. The molecule has 0 amide bonds. The van der Waals surface area contributed by atoms with Crippen LogP contribution in [0.1, 0.15) is 52.0 Å². The number of hydrogen-bond donors (Lipinski definition) is 0. The average Bonchev–Trinajstić information content (AvgIpc) is 3.17. The highest BCUT2D eigenvalue weighted by atomic mass is 31.1. The quantitative estimate of drug-likeness (QED) is 0.461. The van der Waals surface area contributed by atoms with Crippen molar-refractivity contribution >= 4 is 27.2 Å². The third-order valence-electron chi connectivity index (χ3n) is 6.25. The highest BCUT2D eigenvalue weighted by Crippen LogP contribution is 2.48. The van der Waals surface area contributed by atoms with E-state index in [1.54, 1.807) is 4.34 Å². The molecule has 1 aromatic carbocycles. The first-order valence-corrected chi connectivity index (χ1v) is 11.5. The zero-order chi connectivity index (χ0) is 20.6. The fourth-order valence-electron chi connectivity index (χ4n) is 4.57. The van der Waals surface area contributed by atoms with E-state index in [2.05, 4.69) is 49.8 Å². The van der Waals surface area contributed by atoms with Gasteiger partial charge in [0.05, 0.1) is 20.0 Å². The van der Waals surface area contributed by atoms with E-state index >= 15 is 0 Å². The summed E-state index contributed by atoms with van der Waals surface area (Å²) in [6, 6.07) is 9.67. The Bertz CT molecular complexity index is 932. The lowest BCUT2D eigenvalue weighted by Crippen LogP contribution is -2.66. The number of anilines is 2. The molecule has 2 aliphatic rings. The Labute approximate surface area is 174 Å². The molecule has 0 radical (unpaired) electrons. The number of aryl methyl sites for hydroxylation is 1. The summed E-state index contributed by atoms with van der Waals surface area (Å²) >= 11 is 0. The zero-order valence-electron chi connectivity index (χ0n) is 17.3. The van der Waals surface area contributed by atoms with E-state index in [9.17, 15) is 8.78 Å². The molecule has 1 atom stereocenters. The maximum atomic E-state index is 14.8. The number of hydrogen-bond acceptors (Lipinski definition) is 2. The second-order valence-corrected chi connectivity index (χ2v) is 9.64. The summed E-state index contributed by atoms with van der Waals surface area (Å²) in [5.41, 5.74) is 2.46. The molecule has 29 heavy (non-hydrogen) atoms. The van der Waals surface area contributed by atoms with Crippen molar-refractivity contribution in [3.8, 4) is 0 Å². The first-order chi connectivity index (χ1) is 14.0. The van der Waals surface area contributed by atoms with Crippen molar-refractivity contribution < 1.29 is 13.1 Å². The van der Waals surface area contributed by atoms with E-state index in [-0.39, 0.29) is 20.8 Å². The number of halogens is 2. The monoisotopic (exact) mass is 414 g/mol. The van der Waals surface area contributed by atoms with E-state index < -0.39 is 11.6 Å². The molecule has 3 nitrogen and oxygen atoms in total. The van der Waals surface area contributed by atoms with Gasteiger partial charge in [-0.05, 0) is 43.4 Å². The number of fused-ring (bicyclic) bond motifs is 3. The van der Waals surface area contributed by atoms with Crippen LogP contribution >= 0.6 is 8.73 Å². The largest absolute Gasteiger partial charge is 0.520 e. The Morgan fingerprint density at radius 3 is 2.55 bits per heavy atom. The fraction of sp³-hybridized carbons (Fsp3) is 0.409. The molecule has 0 aliphatic carbocycles. The molecule has 0 saturated carbocycles. The van der Waals surface area contributed by atoms with E-state index in [1.807, 2.05) is 17.2 Å². The molecule has 1 unspecified atom stereocenters. The predicted molar refractivity (Wildman–Crippen MR) is 118 cm³/mol. The second kappa shape index (κ2) is 8.06. The van der Waals surface area contributed by atoms with Gasteiger partial charge in [0.15, 0.2) is 5.82 Å². The van der Waals surface area contributed by atoms with Gasteiger partial charge in [-0.1, -0.05) is 39.3 Å². The van der Waals surface area contributed by atoms with Crippen molar-refractivity contribution in [2.75, 3.05) is 9.62 Å². The molecule has 0 bridgehead atoms. The number of rotatable bonds is 6. The number of unbranched alkanes of at least 4 members (excludes halogenated alkanes) is 1. The normalized spacial score (nSPS) is 17.8. The van der Waals surface area contributed by atoms with Crippen molar-refractivity contribution in [1.82, 2.24) is 0 Å². The third kappa shape index (κ3) is 3.46. The Balaban J connectivity index is 1.78. The molecule has 4 rings (SSSR count). The van der Waals surface area contributed by atoms with Crippen LogP contribution in [0.2, 0.25) is 0 Å². The van der Waals surface area contributed by atoms with E-state index in [0.29, 0.717) is 5.82 Å². The number of pyridine rings is 1. The Kier molecular flexibility index (Phi) is 5.66. The van der Waals surface area contributed by atoms with Crippen LogP contribution in [0.15, 0.2) is 48.9 Å². The predicted octanol–water partition coefficient (Wildman–Crippen LogP) is 5.43. The lowest BCUT2D eigenvalue weighted by atomic mass is 9.56. The van der Waals surface area contributed by atoms with Gasteiger partial charge in [-0.2, -0.15) is 4.39 Å². The maximum absolute atomic E-state index is 14.8. The van der Waals surface area contributed by atoms with Crippen molar-refractivity contribution in [1.29, 1.82) is 0 Å². The van der Waals surface area contributed by atoms with Gasteiger partial charge in [0.1, 0.15) is 6.20 Å². The van der Waals surface area contributed by atoms with Gasteiger partial charge in [0.25, 0.3) is 0 Å². The van der Waals surface area contributed by atoms with Crippen LogP contribution in [-0.4, -0.2) is 12.0 Å². The van der Waals surface area contributed by atoms with Crippen LogP contribution in [-0.2, 0) is 6.42 Å². The highest BCUT2D eigenvalue weighted by Gasteiger charge is 2.61.